The van der Waals surface area contributed by atoms with Crippen LogP contribution in [0.4, 0.5) is 11.9 Å². The van der Waals surface area contributed by atoms with Crippen molar-refractivity contribution in [2.45, 2.75) is 51.6 Å². The van der Waals surface area contributed by atoms with E-state index < -0.39 is 0 Å². The van der Waals surface area contributed by atoms with Crippen molar-refractivity contribution in [3.63, 3.8) is 0 Å². The summed E-state index contributed by atoms with van der Waals surface area (Å²) < 4.78 is 1.80. The maximum atomic E-state index is 9.56. The minimum absolute atomic E-state index is 0.177. The Morgan fingerprint density at radius 1 is 1.06 bits per heavy atom. The van der Waals surface area contributed by atoms with Crippen molar-refractivity contribution in [2.24, 2.45) is 0 Å². The molecule has 1 aliphatic rings. The van der Waals surface area contributed by atoms with Crippen molar-refractivity contribution in [3.8, 4) is 11.1 Å². The summed E-state index contributed by atoms with van der Waals surface area (Å²) in [5.74, 6) is 1.40. The standard InChI is InChI=1S/C26H31N7O/c1-2-20-18-29-33-24(20)30-26(32-14-4-3-7-23(32)12-15-34)31-25(33)28-16-19-8-10-21(11-9-19)22-6-5-13-27-17-22/h5-6,8-11,13,17-18,23,34H,2-4,7,12,14-16H2,1H3,(H,28,30,31). The number of pyridine rings is 1. The third-order valence-electron chi connectivity index (χ3n) is 6.56. The molecule has 3 aromatic heterocycles. The molecule has 0 spiro atoms. The molecule has 34 heavy (non-hydrogen) atoms. The van der Waals surface area contributed by atoms with E-state index in [4.69, 9.17) is 9.97 Å². The van der Waals surface area contributed by atoms with Gasteiger partial charge in [0.25, 0.3) is 0 Å². The van der Waals surface area contributed by atoms with Crippen LogP contribution in [-0.4, -0.2) is 48.9 Å². The molecule has 5 rings (SSSR count). The topological polar surface area (TPSA) is 91.5 Å². The van der Waals surface area contributed by atoms with E-state index in [2.05, 4.69) is 57.6 Å². The highest BCUT2D eigenvalue weighted by molar-refractivity contribution is 5.62. The van der Waals surface area contributed by atoms with Gasteiger partial charge in [-0.1, -0.05) is 37.3 Å². The molecule has 8 nitrogen and oxygen atoms in total. The number of aromatic nitrogens is 5. The first-order valence-electron chi connectivity index (χ1n) is 12.1. The number of hydrogen-bond acceptors (Lipinski definition) is 7. The Balaban J connectivity index is 1.41. The van der Waals surface area contributed by atoms with Crippen LogP contribution in [0.5, 0.6) is 0 Å². The minimum Gasteiger partial charge on any atom is -0.396 e. The van der Waals surface area contributed by atoms with Gasteiger partial charge >= 0.3 is 0 Å². The Hall–Kier alpha value is -3.52. The third-order valence-corrected chi connectivity index (χ3v) is 6.56. The smallest absolute Gasteiger partial charge is 0.230 e. The molecule has 1 aliphatic heterocycles. The second-order valence-electron chi connectivity index (χ2n) is 8.75. The summed E-state index contributed by atoms with van der Waals surface area (Å²) >= 11 is 0. The zero-order chi connectivity index (χ0) is 23.3. The summed E-state index contributed by atoms with van der Waals surface area (Å²) in [6.45, 7) is 3.83. The van der Waals surface area contributed by atoms with Gasteiger partial charge in [-0.15, -0.1) is 0 Å². The van der Waals surface area contributed by atoms with Gasteiger partial charge < -0.3 is 15.3 Å². The largest absolute Gasteiger partial charge is 0.396 e. The van der Waals surface area contributed by atoms with Crippen molar-refractivity contribution >= 4 is 17.5 Å². The van der Waals surface area contributed by atoms with Gasteiger partial charge in [-0.25, -0.2) is 0 Å². The molecule has 1 unspecified atom stereocenters. The molecule has 1 atom stereocenters. The van der Waals surface area contributed by atoms with Crippen molar-refractivity contribution < 1.29 is 5.11 Å². The summed E-state index contributed by atoms with van der Waals surface area (Å²) in [5.41, 5.74) is 5.34. The SMILES string of the molecule is CCc1cnn2c(NCc3ccc(-c4cccnc4)cc3)nc(N3CCCCC3CCO)nc12. The highest BCUT2D eigenvalue weighted by atomic mass is 16.3. The van der Waals surface area contributed by atoms with Crippen LogP contribution in [0.15, 0.2) is 55.0 Å². The summed E-state index contributed by atoms with van der Waals surface area (Å²) in [5, 5.41) is 17.6. The number of rotatable bonds is 8. The summed E-state index contributed by atoms with van der Waals surface area (Å²) in [4.78, 5) is 16.3. The van der Waals surface area contributed by atoms with Crippen molar-refractivity contribution in [1.29, 1.82) is 0 Å². The van der Waals surface area contributed by atoms with Crippen molar-refractivity contribution in [2.75, 3.05) is 23.4 Å². The third kappa shape index (κ3) is 4.59. The first-order valence-corrected chi connectivity index (χ1v) is 12.1. The molecule has 0 saturated carbocycles. The Bertz CT molecular complexity index is 1220. The van der Waals surface area contributed by atoms with Crippen molar-refractivity contribution in [3.05, 3.63) is 66.1 Å². The van der Waals surface area contributed by atoms with Crippen LogP contribution < -0.4 is 10.2 Å². The van der Waals surface area contributed by atoms with Crippen LogP contribution in [0, 0.1) is 0 Å². The predicted octanol–water partition coefficient (Wildman–Crippen LogP) is 4.10. The fourth-order valence-corrected chi connectivity index (χ4v) is 4.65. The Kier molecular flexibility index (Phi) is 6.67. The van der Waals surface area contributed by atoms with E-state index in [1.165, 1.54) is 6.42 Å². The van der Waals surface area contributed by atoms with E-state index >= 15 is 0 Å². The van der Waals surface area contributed by atoms with E-state index in [-0.39, 0.29) is 12.6 Å². The molecule has 0 amide bonds. The molecule has 0 bridgehead atoms. The fourth-order valence-electron chi connectivity index (χ4n) is 4.65. The lowest BCUT2D eigenvalue weighted by Gasteiger charge is -2.35. The van der Waals surface area contributed by atoms with Crippen LogP contribution in [0.25, 0.3) is 16.8 Å². The second kappa shape index (κ2) is 10.2. The molecular weight excluding hydrogens is 426 g/mol. The second-order valence-corrected chi connectivity index (χ2v) is 8.75. The Labute approximate surface area is 199 Å². The average Bonchev–Trinajstić information content (AvgIpc) is 3.32. The normalized spacial score (nSPS) is 16.2. The number of piperidine rings is 1. The summed E-state index contributed by atoms with van der Waals surface area (Å²) in [7, 11) is 0. The van der Waals surface area contributed by atoms with Crippen LogP contribution in [-0.2, 0) is 13.0 Å². The molecule has 1 aromatic carbocycles. The van der Waals surface area contributed by atoms with Crippen LogP contribution in [0.3, 0.4) is 0 Å². The molecule has 0 radical (unpaired) electrons. The van der Waals surface area contributed by atoms with E-state index in [0.29, 0.717) is 12.5 Å². The van der Waals surface area contributed by atoms with Crippen LogP contribution in [0.2, 0.25) is 0 Å². The van der Waals surface area contributed by atoms with E-state index in [1.807, 2.05) is 18.5 Å². The zero-order valence-electron chi connectivity index (χ0n) is 19.6. The number of aryl methyl sites for hydroxylation is 1. The molecule has 4 heterocycles. The number of nitrogens with one attached hydrogen (secondary N) is 1. The number of aliphatic hydroxyl groups is 1. The molecule has 176 valence electrons. The fraction of sp³-hybridized carbons (Fsp3) is 0.385. The summed E-state index contributed by atoms with van der Waals surface area (Å²) in [6.07, 6.45) is 10.5. The van der Waals surface area contributed by atoms with Gasteiger partial charge in [0.1, 0.15) is 0 Å². The van der Waals surface area contributed by atoms with Crippen LogP contribution in [0.1, 0.15) is 43.7 Å². The first kappa shape index (κ1) is 22.3. The van der Waals surface area contributed by atoms with Gasteiger partial charge in [0.2, 0.25) is 11.9 Å². The monoisotopic (exact) mass is 457 g/mol. The van der Waals surface area contributed by atoms with Gasteiger partial charge in [0, 0.05) is 43.7 Å². The Morgan fingerprint density at radius 3 is 2.71 bits per heavy atom. The lowest BCUT2D eigenvalue weighted by atomic mass is 10.0. The van der Waals surface area contributed by atoms with Crippen LogP contribution >= 0.6 is 0 Å². The molecule has 4 aromatic rings. The molecule has 2 N–H and O–H groups in total. The highest BCUT2D eigenvalue weighted by Crippen LogP contribution is 2.26. The average molecular weight is 458 g/mol. The zero-order valence-corrected chi connectivity index (χ0v) is 19.6. The number of hydrogen-bond donors (Lipinski definition) is 2. The summed E-state index contributed by atoms with van der Waals surface area (Å²) in [6, 6.07) is 12.8. The molecule has 1 fully saturated rings. The number of benzene rings is 1. The Morgan fingerprint density at radius 2 is 1.94 bits per heavy atom. The number of anilines is 2. The maximum Gasteiger partial charge on any atom is 0.230 e. The van der Waals surface area contributed by atoms with E-state index in [1.54, 1.807) is 10.7 Å². The minimum atomic E-state index is 0.177. The quantitative estimate of drug-likeness (QED) is 0.412. The van der Waals surface area contributed by atoms with E-state index in [0.717, 1.165) is 66.1 Å². The number of aliphatic hydroxyl groups excluding tert-OH is 1. The number of fused-ring (bicyclic) bond motifs is 1. The van der Waals surface area contributed by atoms with Gasteiger partial charge in [0.05, 0.1) is 6.20 Å². The van der Waals surface area contributed by atoms with Gasteiger partial charge in [-0.3, -0.25) is 4.98 Å². The lowest BCUT2D eigenvalue weighted by molar-refractivity contribution is 0.261. The van der Waals surface area contributed by atoms with E-state index in [9.17, 15) is 5.11 Å². The maximum absolute atomic E-state index is 9.56. The van der Waals surface area contributed by atoms with Crippen molar-refractivity contribution in [1.82, 2.24) is 24.6 Å². The highest BCUT2D eigenvalue weighted by Gasteiger charge is 2.26. The molecular formula is C26H31N7O. The molecule has 0 aliphatic carbocycles. The lowest BCUT2D eigenvalue weighted by Crippen LogP contribution is -2.41. The van der Waals surface area contributed by atoms with Gasteiger partial charge in [-0.05, 0) is 54.9 Å². The number of nitrogens with zero attached hydrogens (tertiary/aromatic N) is 6. The van der Waals surface area contributed by atoms with Gasteiger partial charge in [-0.2, -0.15) is 19.6 Å². The van der Waals surface area contributed by atoms with Gasteiger partial charge in [0.15, 0.2) is 5.65 Å². The molecule has 1 saturated heterocycles. The first-order chi connectivity index (χ1) is 16.8. The molecule has 8 heteroatoms. The predicted molar refractivity (Wildman–Crippen MR) is 134 cm³/mol.